The normalized spacial score (nSPS) is 11.3. The van der Waals surface area contributed by atoms with Crippen LogP contribution in [0.5, 0.6) is 0 Å². The lowest BCUT2D eigenvalue weighted by molar-refractivity contribution is 0.787. The molecule has 0 atom stereocenters. The van der Waals surface area contributed by atoms with Crippen LogP contribution in [0.2, 0.25) is 5.02 Å². The highest BCUT2D eigenvalue weighted by atomic mass is 79.9. The topological polar surface area (TPSA) is 69.6 Å². The number of aryl methyl sites for hydroxylation is 2. The molecule has 2 N–H and O–H groups in total. The van der Waals surface area contributed by atoms with Crippen molar-refractivity contribution in [1.29, 1.82) is 0 Å². The molecule has 3 rings (SSSR count). The summed E-state index contributed by atoms with van der Waals surface area (Å²) >= 11 is 9.77. The Morgan fingerprint density at radius 3 is 2.68 bits per heavy atom. The van der Waals surface area contributed by atoms with Crippen LogP contribution in [0.3, 0.4) is 0 Å². The Labute approximate surface area is 141 Å². The van der Waals surface area contributed by atoms with E-state index in [4.69, 9.17) is 17.3 Å². The van der Waals surface area contributed by atoms with Crippen molar-refractivity contribution in [2.45, 2.75) is 27.3 Å². The molecule has 0 spiro atoms. The molecule has 5 nitrogen and oxygen atoms in total. The lowest BCUT2D eigenvalue weighted by Crippen LogP contribution is -2.06. The summed E-state index contributed by atoms with van der Waals surface area (Å²) < 4.78 is 2.73. The Balaban J connectivity index is 2.14. The molecule has 0 saturated carbocycles. The van der Waals surface area contributed by atoms with Crippen LogP contribution in [0.1, 0.15) is 22.4 Å². The number of aromatic nitrogens is 4. The average molecular weight is 381 g/mol. The summed E-state index contributed by atoms with van der Waals surface area (Å²) in [6.07, 6.45) is 3.82. The molecule has 7 heteroatoms. The van der Waals surface area contributed by atoms with Gasteiger partial charge in [-0.25, -0.2) is 4.98 Å². The smallest absolute Gasteiger partial charge is 0.223 e. The van der Waals surface area contributed by atoms with Crippen LogP contribution in [0, 0.1) is 20.8 Å². The Kier molecular flexibility index (Phi) is 3.82. The summed E-state index contributed by atoms with van der Waals surface area (Å²) in [5.41, 5.74) is 10.5. The maximum absolute atomic E-state index is 6.32. The van der Waals surface area contributed by atoms with Crippen molar-refractivity contribution >= 4 is 44.5 Å². The Hall–Kier alpha value is -1.66. The van der Waals surface area contributed by atoms with E-state index in [2.05, 4.69) is 30.9 Å². The third-order valence-electron chi connectivity index (χ3n) is 3.72. The van der Waals surface area contributed by atoms with Gasteiger partial charge in [0.2, 0.25) is 5.95 Å². The second-order valence-electron chi connectivity index (χ2n) is 5.34. The van der Waals surface area contributed by atoms with Crippen LogP contribution in [-0.4, -0.2) is 19.5 Å². The van der Waals surface area contributed by atoms with E-state index in [1.165, 1.54) is 0 Å². The monoisotopic (exact) mass is 379 g/mol. The molecule has 0 radical (unpaired) electrons. The average Bonchev–Trinajstić information content (AvgIpc) is 2.76. The molecule has 0 aliphatic rings. The van der Waals surface area contributed by atoms with Gasteiger partial charge in [-0.3, -0.25) is 4.98 Å². The zero-order valence-electron chi connectivity index (χ0n) is 12.5. The van der Waals surface area contributed by atoms with Crippen LogP contribution in [0.25, 0.3) is 11.0 Å². The maximum atomic E-state index is 6.32. The van der Waals surface area contributed by atoms with Gasteiger partial charge in [-0.15, -0.1) is 0 Å². The van der Waals surface area contributed by atoms with Crippen molar-refractivity contribution in [2.24, 2.45) is 0 Å². The van der Waals surface area contributed by atoms with Crippen molar-refractivity contribution in [3.8, 4) is 0 Å². The van der Waals surface area contributed by atoms with Gasteiger partial charge in [0.15, 0.2) is 0 Å². The molecule has 3 aromatic rings. The molecule has 0 unspecified atom stereocenters. The number of anilines is 1. The largest absolute Gasteiger partial charge is 0.368 e. The molecule has 22 heavy (non-hydrogen) atoms. The molecule has 0 bridgehead atoms. The van der Waals surface area contributed by atoms with Gasteiger partial charge in [0, 0.05) is 17.4 Å². The first-order valence-corrected chi connectivity index (χ1v) is 7.94. The number of halogens is 2. The summed E-state index contributed by atoms with van der Waals surface area (Å²) in [6, 6.07) is 0. The van der Waals surface area contributed by atoms with E-state index >= 15 is 0 Å². The van der Waals surface area contributed by atoms with Crippen molar-refractivity contribution in [3.63, 3.8) is 0 Å². The van der Waals surface area contributed by atoms with Crippen LogP contribution < -0.4 is 5.73 Å². The molecular weight excluding hydrogens is 366 g/mol. The van der Waals surface area contributed by atoms with Crippen molar-refractivity contribution in [2.75, 3.05) is 5.73 Å². The van der Waals surface area contributed by atoms with Gasteiger partial charge >= 0.3 is 0 Å². The van der Waals surface area contributed by atoms with E-state index in [-0.39, 0.29) is 5.95 Å². The minimum absolute atomic E-state index is 0.241. The number of nitrogen functional groups attached to an aromatic ring is 1. The summed E-state index contributed by atoms with van der Waals surface area (Å²) in [5.74, 6) is 0.241. The highest BCUT2D eigenvalue weighted by Gasteiger charge is 2.15. The first kappa shape index (κ1) is 15.2. The van der Waals surface area contributed by atoms with Crippen molar-refractivity contribution < 1.29 is 0 Å². The lowest BCUT2D eigenvalue weighted by Gasteiger charge is -2.10. The lowest BCUT2D eigenvalue weighted by atomic mass is 10.1. The summed E-state index contributed by atoms with van der Waals surface area (Å²) in [5, 5.41) is 1.72. The van der Waals surface area contributed by atoms with E-state index < -0.39 is 0 Å². The van der Waals surface area contributed by atoms with Gasteiger partial charge in [-0.2, -0.15) is 4.98 Å². The molecule has 0 amide bonds. The zero-order valence-corrected chi connectivity index (χ0v) is 14.8. The molecular formula is C15H15BrClN5. The first-order chi connectivity index (χ1) is 10.4. The number of hydrogen-bond acceptors (Lipinski definition) is 4. The van der Waals surface area contributed by atoms with Crippen molar-refractivity contribution in [3.05, 3.63) is 44.4 Å². The second kappa shape index (κ2) is 5.52. The summed E-state index contributed by atoms with van der Waals surface area (Å²) in [7, 11) is 0. The fourth-order valence-corrected chi connectivity index (χ4v) is 3.37. The molecule has 114 valence electrons. The predicted octanol–water partition coefficient (Wildman–Crippen LogP) is 3.80. The van der Waals surface area contributed by atoms with Gasteiger partial charge in [0.25, 0.3) is 0 Å². The number of nitrogens with two attached hydrogens (primary N) is 1. The number of pyridine rings is 1. The number of nitrogens with zero attached hydrogens (tertiary/aromatic N) is 4. The minimum Gasteiger partial charge on any atom is -0.368 e. The van der Waals surface area contributed by atoms with Crippen LogP contribution >= 0.6 is 27.5 Å². The Morgan fingerprint density at radius 2 is 1.95 bits per heavy atom. The number of fused-ring (bicyclic) bond motifs is 1. The van der Waals surface area contributed by atoms with Crippen LogP contribution in [0.4, 0.5) is 5.95 Å². The van der Waals surface area contributed by atoms with Gasteiger partial charge in [-0.05, 0) is 53.4 Å². The quantitative estimate of drug-likeness (QED) is 0.687. The number of hydrogen-bond donors (Lipinski definition) is 1. The van der Waals surface area contributed by atoms with Gasteiger partial charge in [0.05, 0.1) is 17.6 Å². The van der Waals surface area contributed by atoms with E-state index in [0.29, 0.717) is 11.1 Å². The van der Waals surface area contributed by atoms with E-state index in [0.717, 1.165) is 38.4 Å². The standard InChI is InChI=1S/C15H15BrClN5/c1-7-4-19-10(9(3)12(7)17)6-22-5-8(2)11-13(16)20-15(18)21-14(11)22/h4-5H,6H2,1-3H3,(H2,18,20,21). The van der Waals surface area contributed by atoms with Crippen molar-refractivity contribution in [1.82, 2.24) is 19.5 Å². The highest BCUT2D eigenvalue weighted by Crippen LogP contribution is 2.28. The Bertz CT molecular complexity index is 888. The molecule has 0 aliphatic heterocycles. The summed E-state index contributed by atoms with van der Waals surface area (Å²) in [4.78, 5) is 13.0. The molecule has 0 fully saturated rings. The zero-order chi connectivity index (χ0) is 16.0. The SMILES string of the molecule is Cc1cnc(Cn2cc(C)c3c(Br)nc(N)nc32)c(C)c1Cl. The number of rotatable bonds is 2. The third kappa shape index (κ3) is 2.46. The van der Waals surface area contributed by atoms with Crippen LogP contribution in [0.15, 0.2) is 17.0 Å². The maximum Gasteiger partial charge on any atom is 0.223 e. The summed E-state index contributed by atoms with van der Waals surface area (Å²) in [6.45, 7) is 6.53. The molecule has 0 aromatic carbocycles. The third-order valence-corrected chi connectivity index (χ3v) is 4.88. The molecule has 0 saturated heterocycles. The van der Waals surface area contributed by atoms with E-state index in [1.54, 1.807) is 6.20 Å². The first-order valence-electron chi connectivity index (χ1n) is 6.77. The predicted molar refractivity (Wildman–Crippen MR) is 92.2 cm³/mol. The highest BCUT2D eigenvalue weighted by molar-refractivity contribution is 9.10. The van der Waals surface area contributed by atoms with E-state index in [1.807, 2.05) is 31.5 Å². The molecule has 0 aliphatic carbocycles. The molecule has 3 heterocycles. The van der Waals surface area contributed by atoms with E-state index in [9.17, 15) is 0 Å². The second-order valence-corrected chi connectivity index (χ2v) is 6.47. The van der Waals surface area contributed by atoms with Gasteiger partial charge < -0.3 is 10.3 Å². The van der Waals surface area contributed by atoms with Gasteiger partial charge in [-0.1, -0.05) is 11.6 Å². The Morgan fingerprint density at radius 1 is 1.23 bits per heavy atom. The minimum atomic E-state index is 0.241. The van der Waals surface area contributed by atoms with Crippen LogP contribution in [-0.2, 0) is 6.54 Å². The fourth-order valence-electron chi connectivity index (χ4n) is 2.54. The molecule has 3 aromatic heterocycles. The fraction of sp³-hybridized carbons (Fsp3) is 0.267. The van der Waals surface area contributed by atoms with Gasteiger partial charge in [0.1, 0.15) is 10.3 Å².